The molecule has 0 aromatic carbocycles. The zero-order valence-electron chi connectivity index (χ0n) is 17.3. The maximum atomic E-state index is 12.2. The summed E-state index contributed by atoms with van der Waals surface area (Å²) in [6.45, 7) is 10.3. The molecule has 3 rings (SSSR count). The van der Waals surface area contributed by atoms with Crippen LogP contribution in [0.5, 0.6) is 0 Å². The van der Waals surface area contributed by atoms with Gasteiger partial charge in [-0.1, -0.05) is 0 Å². The smallest absolute Gasteiger partial charge is 0.271 e. The fraction of sp³-hybridized carbons (Fsp3) is 0.450. The number of imidazole rings is 1. The normalized spacial score (nSPS) is 10.9. The molecule has 0 unspecified atom stereocenters. The molecule has 0 saturated heterocycles. The number of ether oxygens (including phenoxy) is 1. The second-order valence-electron chi connectivity index (χ2n) is 6.85. The number of carbonyl (C=O) groups is 1. The number of aryl methyl sites for hydroxylation is 1. The van der Waals surface area contributed by atoms with Crippen molar-refractivity contribution in [3.63, 3.8) is 0 Å². The van der Waals surface area contributed by atoms with Crippen LogP contribution in [0.15, 0.2) is 30.7 Å². The monoisotopic (exact) mass is 384 g/mol. The van der Waals surface area contributed by atoms with Gasteiger partial charge in [-0.3, -0.25) is 9.78 Å². The summed E-state index contributed by atoms with van der Waals surface area (Å²) >= 11 is 0. The SMILES string of the molecule is COC(C)C.Cc1cnc(C(=O)NCc2nc3cccnc3n2C(C)C)cn1. The van der Waals surface area contributed by atoms with Crippen LogP contribution in [-0.2, 0) is 11.3 Å². The van der Waals surface area contributed by atoms with E-state index in [1.54, 1.807) is 19.5 Å². The molecule has 0 radical (unpaired) electrons. The van der Waals surface area contributed by atoms with Crippen molar-refractivity contribution in [1.82, 2.24) is 29.8 Å². The Kier molecular flexibility index (Phi) is 7.57. The molecule has 150 valence electrons. The predicted octanol–water partition coefficient (Wildman–Crippen LogP) is 3.08. The lowest BCUT2D eigenvalue weighted by atomic mass is 10.3. The Labute approximate surface area is 165 Å². The average Bonchev–Trinajstić information content (AvgIpc) is 3.05. The third-order valence-electron chi connectivity index (χ3n) is 3.93. The van der Waals surface area contributed by atoms with Crippen LogP contribution in [0, 0.1) is 6.92 Å². The van der Waals surface area contributed by atoms with Crippen LogP contribution in [0.1, 0.15) is 55.7 Å². The van der Waals surface area contributed by atoms with Crippen molar-refractivity contribution in [3.05, 3.63) is 47.9 Å². The van der Waals surface area contributed by atoms with Crippen LogP contribution in [-0.4, -0.2) is 43.6 Å². The number of nitrogens with one attached hydrogen (secondary N) is 1. The summed E-state index contributed by atoms with van der Waals surface area (Å²) in [5.74, 6) is 0.495. The van der Waals surface area contributed by atoms with Gasteiger partial charge in [0.05, 0.1) is 24.5 Å². The quantitative estimate of drug-likeness (QED) is 0.726. The Morgan fingerprint density at radius 3 is 2.46 bits per heavy atom. The van der Waals surface area contributed by atoms with E-state index in [-0.39, 0.29) is 11.9 Å². The summed E-state index contributed by atoms with van der Waals surface area (Å²) in [4.78, 5) is 29.3. The van der Waals surface area contributed by atoms with Crippen LogP contribution in [0.25, 0.3) is 11.2 Å². The molecule has 1 amide bonds. The molecule has 0 fully saturated rings. The van der Waals surface area contributed by atoms with Crippen LogP contribution in [0.2, 0.25) is 0 Å². The number of aromatic nitrogens is 5. The predicted molar refractivity (Wildman–Crippen MR) is 108 cm³/mol. The van der Waals surface area contributed by atoms with Gasteiger partial charge in [-0.15, -0.1) is 0 Å². The summed E-state index contributed by atoms with van der Waals surface area (Å²) in [7, 11) is 1.70. The van der Waals surface area contributed by atoms with E-state index in [0.717, 1.165) is 22.7 Å². The second-order valence-corrected chi connectivity index (χ2v) is 6.85. The van der Waals surface area contributed by atoms with Gasteiger partial charge in [0.1, 0.15) is 17.0 Å². The van der Waals surface area contributed by atoms with Gasteiger partial charge in [-0.25, -0.2) is 15.0 Å². The van der Waals surface area contributed by atoms with Crippen molar-refractivity contribution >= 4 is 17.1 Å². The number of fused-ring (bicyclic) bond motifs is 1. The molecule has 28 heavy (non-hydrogen) atoms. The Morgan fingerprint density at radius 1 is 1.18 bits per heavy atom. The zero-order chi connectivity index (χ0) is 20.7. The van der Waals surface area contributed by atoms with Crippen LogP contribution in [0.4, 0.5) is 0 Å². The highest BCUT2D eigenvalue weighted by Crippen LogP contribution is 2.18. The van der Waals surface area contributed by atoms with Gasteiger partial charge in [0, 0.05) is 25.5 Å². The Balaban J connectivity index is 0.000000500. The van der Waals surface area contributed by atoms with Crippen molar-refractivity contribution in [1.29, 1.82) is 0 Å². The molecule has 0 aliphatic carbocycles. The number of hydrogen-bond acceptors (Lipinski definition) is 6. The van der Waals surface area contributed by atoms with Crippen LogP contribution >= 0.6 is 0 Å². The largest absolute Gasteiger partial charge is 0.382 e. The van der Waals surface area contributed by atoms with Crippen LogP contribution < -0.4 is 5.32 Å². The standard InChI is InChI=1S/C16H18N6O.C4H10O/c1-10(2)22-14(21-12-5-4-6-17-15(12)22)9-20-16(23)13-8-18-11(3)7-19-13;1-4(2)5-3/h4-8,10H,9H2,1-3H3,(H,20,23);4H,1-3H3. The van der Waals surface area contributed by atoms with Gasteiger partial charge in [-0.2, -0.15) is 0 Å². The minimum absolute atomic E-state index is 0.195. The maximum Gasteiger partial charge on any atom is 0.271 e. The maximum absolute atomic E-state index is 12.2. The molecule has 3 aromatic rings. The van der Waals surface area contributed by atoms with E-state index < -0.39 is 0 Å². The highest BCUT2D eigenvalue weighted by molar-refractivity contribution is 5.91. The summed E-state index contributed by atoms with van der Waals surface area (Å²) in [5.41, 5.74) is 2.71. The van der Waals surface area contributed by atoms with E-state index in [2.05, 4.69) is 39.1 Å². The van der Waals surface area contributed by atoms with E-state index in [1.165, 1.54) is 6.20 Å². The van der Waals surface area contributed by atoms with Crippen molar-refractivity contribution in [3.8, 4) is 0 Å². The van der Waals surface area contributed by atoms with Crippen molar-refractivity contribution < 1.29 is 9.53 Å². The lowest BCUT2D eigenvalue weighted by molar-refractivity contribution is 0.0944. The van der Waals surface area contributed by atoms with E-state index in [4.69, 9.17) is 4.74 Å². The molecular weight excluding hydrogens is 356 g/mol. The molecule has 0 aliphatic heterocycles. The Bertz CT molecular complexity index is 903. The molecule has 0 aliphatic rings. The summed E-state index contributed by atoms with van der Waals surface area (Å²) in [5, 5.41) is 2.84. The number of rotatable bonds is 5. The van der Waals surface area contributed by atoms with Gasteiger partial charge >= 0.3 is 0 Å². The van der Waals surface area contributed by atoms with Crippen LogP contribution in [0.3, 0.4) is 0 Å². The molecule has 8 nitrogen and oxygen atoms in total. The summed E-state index contributed by atoms with van der Waals surface area (Å²) < 4.78 is 6.77. The van der Waals surface area contributed by atoms with Gasteiger partial charge in [0.2, 0.25) is 0 Å². The number of carbonyl (C=O) groups excluding carboxylic acids is 1. The highest BCUT2D eigenvalue weighted by atomic mass is 16.5. The first-order valence-electron chi connectivity index (χ1n) is 9.25. The minimum Gasteiger partial charge on any atom is -0.382 e. The third kappa shape index (κ3) is 5.56. The molecular formula is C20H28N6O2. The van der Waals surface area contributed by atoms with Crippen molar-refractivity contribution in [2.24, 2.45) is 0 Å². The highest BCUT2D eigenvalue weighted by Gasteiger charge is 2.15. The number of pyridine rings is 1. The van der Waals surface area contributed by atoms with E-state index in [1.807, 2.05) is 37.5 Å². The molecule has 3 heterocycles. The molecule has 0 spiro atoms. The number of hydrogen-bond donors (Lipinski definition) is 1. The molecule has 0 saturated carbocycles. The van der Waals surface area contributed by atoms with E-state index >= 15 is 0 Å². The molecule has 0 bridgehead atoms. The van der Waals surface area contributed by atoms with Crippen molar-refractivity contribution in [2.45, 2.75) is 53.3 Å². The zero-order valence-corrected chi connectivity index (χ0v) is 17.3. The van der Waals surface area contributed by atoms with Gasteiger partial charge in [-0.05, 0) is 46.8 Å². The molecule has 1 N–H and O–H groups in total. The topological polar surface area (TPSA) is 94.8 Å². The number of amides is 1. The molecule has 0 atom stereocenters. The fourth-order valence-electron chi connectivity index (χ4n) is 2.40. The fourth-order valence-corrected chi connectivity index (χ4v) is 2.40. The van der Waals surface area contributed by atoms with Gasteiger partial charge < -0.3 is 14.6 Å². The van der Waals surface area contributed by atoms with Gasteiger partial charge in [0.25, 0.3) is 5.91 Å². The number of methoxy groups -OCH3 is 1. The first kappa shape index (κ1) is 21.4. The minimum atomic E-state index is -0.271. The lowest BCUT2D eigenvalue weighted by Crippen LogP contribution is -2.26. The molecule has 3 aromatic heterocycles. The molecule has 8 heteroatoms. The van der Waals surface area contributed by atoms with Gasteiger partial charge in [0.15, 0.2) is 5.65 Å². The lowest BCUT2D eigenvalue weighted by Gasteiger charge is -2.12. The summed E-state index contributed by atoms with van der Waals surface area (Å²) in [6, 6.07) is 3.96. The van der Waals surface area contributed by atoms with E-state index in [0.29, 0.717) is 18.3 Å². The second kappa shape index (κ2) is 9.89. The van der Waals surface area contributed by atoms with Crippen molar-refractivity contribution in [2.75, 3.05) is 7.11 Å². The van der Waals surface area contributed by atoms with E-state index in [9.17, 15) is 4.79 Å². The Hall–Kier alpha value is -2.87. The average molecular weight is 384 g/mol. The third-order valence-corrected chi connectivity index (χ3v) is 3.93. The summed E-state index contributed by atoms with van der Waals surface area (Å²) in [6.07, 6.45) is 5.17. The first-order chi connectivity index (χ1) is 13.3. The number of nitrogens with zero attached hydrogens (tertiary/aromatic N) is 5. The Morgan fingerprint density at radius 2 is 1.89 bits per heavy atom. The first-order valence-corrected chi connectivity index (χ1v) is 9.25.